The molecule has 4 nitrogen and oxygen atoms in total. The van der Waals surface area contributed by atoms with Gasteiger partial charge in [-0.2, -0.15) is 0 Å². The molecule has 0 spiro atoms. The highest BCUT2D eigenvalue weighted by Crippen LogP contribution is 2.07. The molecule has 4 heteroatoms. The predicted octanol–water partition coefficient (Wildman–Crippen LogP) is 0.960. The van der Waals surface area contributed by atoms with Crippen LogP contribution in [0.5, 0.6) is 0 Å². The second kappa shape index (κ2) is 5.28. The van der Waals surface area contributed by atoms with Crippen LogP contribution < -0.4 is 5.32 Å². The molecule has 2 heterocycles. The lowest BCUT2D eigenvalue weighted by Crippen LogP contribution is -2.33. The lowest BCUT2D eigenvalue weighted by Gasteiger charge is -2.23. The Balaban J connectivity index is 1.68. The summed E-state index contributed by atoms with van der Waals surface area (Å²) in [6, 6.07) is 0. The molecule has 0 atom stereocenters. The molecule has 1 fully saturated rings. The van der Waals surface area contributed by atoms with E-state index in [0.29, 0.717) is 6.10 Å². The van der Waals surface area contributed by atoms with E-state index in [1.807, 2.05) is 19.3 Å². The van der Waals surface area contributed by atoms with Crippen LogP contribution in [-0.2, 0) is 11.3 Å². The molecule has 1 N–H and O–H groups in total. The Bertz CT molecular complexity index is 292. The molecule has 0 saturated carbocycles. The number of piperidine rings is 1. The number of imidazole rings is 1. The van der Waals surface area contributed by atoms with Crippen LogP contribution in [0.1, 0.15) is 18.7 Å². The second-order valence-corrected chi connectivity index (χ2v) is 3.99. The van der Waals surface area contributed by atoms with Crippen LogP contribution in [0.25, 0.3) is 0 Å². The molecule has 0 unspecified atom stereocenters. The molecule has 0 aromatic carbocycles. The van der Waals surface area contributed by atoms with E-state index in [9.17, 15) is 0 Å². The maximum absolute atomic E-state index is 5.82. The van der Waals surface area contributed by atoms with Gasteiger partial charge in [-0.1, -0.05) is 0 Å². The van der Waals surface area contributed by atoms with E-state index >= 15 is 0 Å². The number of aryl methyl sites for hydroxylation is 1. The Hall–Kier alpha value is -0.870. The summed E-state index contributed by atoms with van der Waals surface area (Å²) in [4.78, 5) is 4.18. The molecule has 0 aliphatic carbocycles. The standard InChI is InChI=1S/C11H19N3O/c1-10-13-6-7-14(10)8-9-15-11-2-4-12-5-3-11/h6-7,11-12H,2-5,8-9H2,1H3. The SMILES string of the molecule is Cc1nccn1CCOC1CCNCC1. The van der Waals surface area contributed by atoms with E-state index in [2.05, 4.69) is 14.9 Å². The maximum Gasteiger partial charge on any atom is 0.105 e. The van der Waals surface area contributed by atoms with Gasteiger partial charge in [-0.15, -0.1) is 0 Å². The maximum atomic E-state index is 5.82. The fourth-order valence-corrected chi connectivity index (χ4v) is 1.92. The summed E-state index contributed by atoms with van der Waals surface area (Å²) in [5.74, 6) is 1.06. The van der Waals surface area contributed by atoms with Crippen LogP contribution in [0.2, 0.25) is 0 Å². The average Bonchev–Trinajstić information content (AvgIpc) is 2.66. The van der Waals surface area contributed by atoms with Crippen molar-refractivity contribution >= 4 is 0 Å². The Labute approximate surface area is 90.6 Å². The van der Waals surface area contributed by atoms with Gasteiger partial charge in [-0.25, -0.2) is 4.98 Å². The van der Waals surface area contributed by atoms with Gasteiger partial charge in [0.05, 0.1) is 12.7 Å². The number of rotatable bonds is 4. The normalized spacial score (nSPS) is 18.2. The topological polar surface area (TPSA) is 39.1 Å². The zero-order chi connectivity index (χ0) is 10.5. The van der Waals surface area contributed by atoms with Crippen LogP contribution in [0.3, 0.4) is 0 Å². The zero-order valence-corrected chi connectivity index (χ0v) is 9.28. The highest BCUT2D eigenvalue weighted by atomic mass is 16.5. The molecule has 0 radical (unpaired) electrons. The van der Waals surface area contributed by atoms with E-state index in [0.717, 1.165) is 44.9 Å². The summed E-state index contributed by atoms with van der Waals surface area (Å²) in [5.41, 5.74) is 0. The number of aromatic nitrogens is 2. The summed E-state index contributed by atoms with van der Waals surface area (Å²) < 4.78 is 7.95. The van der Waals surface area contributed by atoms with Crippen LogP contribution >= 0.6 is 0 Å². The number of hydrogen-bond acceptors (Lipinski definition) is 3. The lowest BCUT2D eigenvalue weighted by molar-refractivity contribution is 0.0282. The summed E-state index contributed by atoms with van der Waals surface area (Å²) in [6.07, 6.45) is 6.57. The predicted molar refractivity (Wildman–Crippen MR) is 58.8 cm³/mol. The van der Waals surface area contributed by atoms with Gasteiger partial charge in [0, 0.05) is 18.9 Å². The van der Waals surface area contributed by atoms with Crippen molar-refractivity contribution in [2.75, 3.05) is 19.7 Å². The second-order valence-electron chi connectivity index (χ2n) is 3.99. The Morgan fingerprint density at radius 3 is 3.00 bits per heavy atom. The summed E-state index contributed by atoms with van der Waals surface area (Å²) in [6.45, 7) is 5.91. The molecule has 1 aliphatic heterocycles. The molecule has 2 rings (SSSR count). The van der Waals surface area contributed by atoms with Crippen LogP contribution in [-0.4, -0.2) is 35.4 Å². The smallest absolute Gasteiger partial charge is 0.105 e. The molecule has 84 valence electrons. The van der Waals surface area contributed by atoms with Crippen molar-refractivity contribution in [3.63, 3.8) is 0 Å². The van der Waals surface area contributed by atoms with Gasteiger partial charge in [0.1, 0.15) is 5.82 Å². The first-order valence-corrected chi connectivity index (χ1v) is 5.66. The highest BCUT2D eigenvalue weighted by molar-refractivity contribution is 4.88. The van der Waals surface area contributed by atoms with Crippen molar-refractivity contribution in [1.29, 1.82) is 0 Å². The third-order valence-corrected chi connectivity index (χ3v) is 2.90. The first kappa shape index (κ1) is 10.6. The largest absolute Gasteiger partial charge is 0.376 e. The van der Waals surface area contributed by atoms with E-state index in [4.69, 9.17) is 4.74 Å². The minimum absolute atomic E-state index is 0.454. The first-order chi connectivity index (χ1) is 7.36. The third-order valence-electron chi connectivity index (χ3n) is 2.90. The van der Waals surface area contributed by atoms with Crippen molar-refractivity contribution in [2.45, 2.75) is 32.4 Å². The summed E-state index contributed by atoms with van der Waals surface area (Å²) in [5, 5.41) is 3.33. The minimum atomic E-state index is 0.454. The van der Waals surface area contributed by atoms with Crippen molar-refractivity contribution in [2.24, 2.45) is 0 Å². The number of ether oxygens (including phenoxy) is 1. The fourth-order valence-electron chi connectivity index (χ4n) is 1.92. The minimum Gasteiger partial charge on any atom is -0.376 e. The van der Waals surface area contributed by atoms with Crippen LogP contribution in [0.15, 0.2) is 12.4 Å². The molecule has 1 aromatic heterocycles. The zero-order valence-electron chi connectivity index (χ0n) is 9.28. The van der Waals surface area contributed by atoms with Gasteiger partial charge in [0.15, 0.2) is 0 Å². The van der Waals surface area contributed by atoms with Gasteiger partial charge < -0.3 is 14.6 Å². The van der Waals surface area contributed by atoms with Crippen molar-refractivity contribution in [3.05, 3.63) is 18.2 Å². The summed E-state index contributed by atoms with van der Waals surface area (Å²) in [7, 11) is 0. The number of hydrogen-bond donors (Lipinski definition) is 1. The molecule has 0 bridgehead atoms. The van der Waals surface area contributed by atoms with Gasteiger partial charge in [0.2, 0.25) is 0 Å². The van der Waals surface area contributed by atoms with Crippen LogP contribution in [0, 0.1) is 6.92 Å². The highest BCUT2D eigenvalue weighted by Gasteiger charge is 2.12. The first-order valence-electron chi connectivity index (χ1n) is 5.66. The third kappa shape index (κ3) is 3.04. The fraction of sp³-hybridized carbons (Fsp3) is 0.727. The van der Waals surface area contributed by atoms with Gasteiger partial charge in [-0.3, -0.25) is 0 Å². The van der Waals surface area contributed by atoms with Crippen LogP contribution in [0.4, 0.5) is 0 Å². The van der Waals surface area contributed by atoms with E-state index in [1.165, 1.54) is 0 Å². The number of nitrogens with one attached hydrogen (secondary N) is 1. The van der Waals surface area contributed by atoms with Gasteiger partial charge >= 0.3 is 0 Å². The van der Waals surface area contributed by atoms with Crippen molar-refractivity contribution in [3.8, 4) is 0 Å². The van der Waals surface area contributed by atoms with Gasteiger partial charge in [-0.05, 0) is 32.9 Å². The summed E-state index contributed by atoms with van der Waals surface area (Å²) >= 11 is 0. The van der Waals surface area contributed by atoms with Crippen molar-refractivity contribution < 1.29 is 4.74 Å². The average molecular weight is 209 g/mol. The molecule has 1 aromatic rings. The molecular weight excluding hydrogens is 190 g/mol. The molecule has 0 amide bonds. The lowest BCUT2D eigenvalue weighted by atomic mass is 10.1. The van der Waals surface area contributed by atoms with E-state index in [-0.39, 0.29) is 0 Å². The Kier molecular flexibility index (Phi) is 3.75. The molecular formula is C11H19N3O. The molecule has 1 aliphatic rings. The number of nitrogens with zero attached hydrogens (tertiary/aromatic N) is 2. The molecule has 15 heavy (non-hydrogen) atoms. The van der Waals surface area contributed by atoms with Crippen molar-refractivity contribution in [1.82, 2.24) is 14.9 Å². The quantitative estimate of drug-likeness (QED) is 0.803. The van der Waals surface area contributed by atoms with E-state index in [1.54, 1.807) is 0 Å². The molecule has 1 saturated heterocycles. The monoisotopic (exact) mass is 209 g/mol. The van der Waals surface area contributed by atoms with E-state index < -0.39 is 0 Å². The Morgan fingerprint density at radius 1 is 1.53 bits per heavy atom. The van der Waals surface area contributed by atoms with Gasteiger partial charge in [0.25, 0.3) is 0 Å². The Morgan fingerprint density at radius 2 is 2.33 bits per heavy atom.